The van der Waals surface area contributed by atoms with Crippen molar-refractivity contribution in [2.75, 3.05) is 32.8 Å². The van der Waals surface area contributed by atoms with Crippen LogP contribution in [0, 0.1) is 0 Å². The molecule has 1 unspecified atom stereocenters. The maximum absolute atomic E-state index is 12.6. The lowest BCUT2D eigenvalue weighted by Crippen LogP contribution is -2.60. The molecule has 8 nitrogen and oxygen atoms in total. The van der Waals surface area contributed by atoms with Gasteiger partial charge in [-0.3, -0.25) is 14.5 Å². The smallest absolute Gasteiger partial charge is 0.407 e. The lowest BCUT2D eigenvalue weighted by Gasteiger charge is -2.39. The molecule has 1 heterocycles. The molecule has 0 aromatic carbocycles. The summed E-state index contributed by atoms with van der Waals surface area (Å²) in [7, 11) is 0. The Morgan fingerprint density at radius 2 is 1.00 bits per heavy atom. The summed E-state index contributed by atoms with van der Waals surface area (Å²) in [5, 5.41) is 2.64. The molecular weight excluding hydrogens is 709 g/mol. The number of amides is 1. The van der Waals surface area contributed by atoms with Crippen LogP contribution in [0.3, 0.4) is 0 Å². The molecule has 0 bridgehead atoms. The van der Waals surface area contributed by atoms with E-state index < -0.39 is 36.7 Å². The first-order valence-corrected chi connectivity index (χ1v) is 22.3. The third-order valence-corrected chi connectivity index (χ3v) is 10.3. The number of rotatable bonds is 37. The van der Waals surface area contributed by atoms with E-state index in [1.165, 1.54) is 109 Å². The molecule has 0 aromatic heterocycles. The molecule has 0 radical (unpaired) electrons. The molecule has 322 valence electrons. The Bertz CT molecular complexity index is 974. The van der Waals surface area contributed by atoms with Crippen molar-refractivity contribution < 1.29 is 41.8 Å². The minimum absolute atomic E-state index is 0.124. The van der Waals surface area contributed by atoms with Gasteiger partial charge in [0.1, 0.15) is 13.2 Å². The van der Waals surface area contributed by atoms with Gasteiger partial charge in [-0.25, -0.2) is 4.79 Å². The number of carbonyl (C=O) groups excluding carboxylic acids is 3. The van der Waals surface area contributed by atoms with E-state index in [4.69, 9.17) is 14.2 Å². The van der Waals surface area contributed by atoms with Crippen LogP contribution in [0.2, 0.25) is 0 Å². The summed E-state index contributed by atoms with van der Waals surface area (Å²) in [5.74, 6) is -0.791. The van der Waals surface area contributed by atoms with Crippen molar-refractivity contribution in [2.24, 2.45) is 0 Å². The van der Waals surface area contributed by atoms with Crippen molar-refractivity contribution in [2.45, 2.75) is 218 Å². The highest BCUT2D eigenvalue weighted by Crippen LogP contribution is 2.22. The Balaban J connectivity index is 2.29. The molecule has 1 fully saturated rings. The maximum Gasteiger partial charge on any atom is 0.407 e. The topological polar surface area (TPSA) is 94.2 Å². The SMILES string of the molecule is CCCCCCCC/C=C\CCCCCCCC(=O)OCC(COC(=O)CCCCCCCCCCCCCCC)OC(=O)NC1CN(CCC(F)(F)F)C1. The normalized spacial score (nSPS) is 14.2. The molecule has 55 heavy (non-hydrogen) atoms. The van der Waals surface area contributed by atoms with Crippen molar-refractivity contribution in [1.29, 1.82) is 0 Å². The van der Waals surface area contributed by atoms with Crippen LogP contribution in [0.1, 0.15) is 200 Å². The Morgan fingerprint density at radius 1 is 0.618 bits per heavy atom. The van der Waals surface area contributed by atoms with Gasteiger partial charge in [0.15, 0.2) is 6.10 Å². The van der Waals surface area contributed by atoms with Gasteiger partial charge in [0.05, 0.1) is 12.5 Å². The minimum Gasteiger partial charge on any atom is -0.462 e. The van der Waals surface area contributed by atoms with Crippen molar-refractivity contribution in [3.8, 4) is 0 Å². The number of alkyl carbamates (subject to hydrolysis) is 1. The number of nitrogens with zero attached hydrogens (tertiary/aromatic N) is 1. The number of esters is 2. The number of carbonyl (C=O) groups is 3. The molecular formula is C44H79F3N2O6. The zero-order valence-corrected chi connectivity index (χ0v) is 34.9. The fraction of sp³-hybridized carbons (Fsp3) is 0.886. The number of ether oxygens (including phenoxy) is 3. The van der Waals surface area contributed by atoms with E-state index in [1.54, 1.807) is 4.90 Å². The highest BCUT2D eigenvalue weighted by atomic mass is 19.4. The second-order valence-corrected chi connectivity index (χ2v) is 15.7. The highest BCUT2D eigenvalue weighted by molar-refractivity contribution is 5.70. The number of allylic oxidation sites excluding steroid dienone is 2. The van der Waals surface area contributed by atoms with E-state index >= 15 is 0 Å². The Labute approximate surface area is 332 Å². The predicted octanol–water partition coefficient (Wildman–Crippen LogP) is 12.3. The van der Waals surface area contributed by atoms with Crippen molar-refractivity contribution in [3.05, 3.63) is 12.2 Å². The molecule has 0 aromatic rings. The summed E-state index contributed by atoms with van der Waals surface area (Å²) in [5.41, 5.74) is 0. The van der Waals surface area contributed by atoms with Crippen LogP contribution in [0.25, 0.3) is 0 Å². The monoisotopic (exact) mass is 789 g/mol. The number of hydrogen-bond donors (Lipinski definition) is 1. The standard InChI is InChI=1S/C44H79F3N2O6/c1-3-5-7-9-11-13-15-17-18-20-22-24-26-28-30-32-42(51)54-38-40(55-43(52)48-39-35-49(36-39)34-33-44(45,46)47)37-53-41(50)31-29-27-25-23-21-19-16-14-12-10-8-6-4-2/h17-18,39-40H,3-16,19-38H2,1-2H3,(H,48,52)/b18-17-. The zero-order valence-electron chi connectivity index (χ0n) is 34.9. The minimum atomic E-state index is -4.23. The highest BCUT2D eigenvalue weighted by Gasteiger charge is 2.33. The molecule has 1 aliphatic rings. The summed E-state index contributed by atoms with van der Waals surface area (Å²) < 4.78 is 53.8. The van der Waals surface area contributed by atoms with Crippen LogP contribution >= 0.6 is 0 Å². The number of alkyl halides is 3. The average Bonchev–Trinajstić information content (AvgIpc) is 3.13. The summed E-state index contributed by atoms with van der Waals surface area (Å²) in [4.78, 5) is 39.1. The third-order valence-electron chi connectivity index (χ3n) is 10.3. The Hall–Kier alpha value is -2.30. The van der Waals surface area contributed by atoms with Gasteiger partial charge in [-0.2, -0.15) is 13.2 Å². The summed E-state index contributed by atoms with van der Waals surface area (Å²) in [6.45, 7) is 4.44. The predicted molar refractivity (Wildman–Crippen MR) is 216 cm³/mol. The van der Waals surface area contributed by atoms with E-state index in [9.17, 15) is 27.6 Å². The first-order valence-electron chi connectivity index (χ1n) is 22.3. The van der Waals surface area contributed by atoms with E-state index in [2.05, 4.69) is 31.3 Å². The fourth-order valence-corrected chi connectivity index (χ4v) is 6.74. The van der Waals surface area contributed by atoms with Crippen LogP contribution in [-0.4, -0.2) is 74.1 Å². The van der Waals surface area contributed by atoms with Crippen LogP contribution in [0.5, 0.6) is 0 Å². The zero-order chi connectivity index (χ0) is 40.2. The van der Waals surface area contributed by atoms with Crippen LogP contribution < -0.4 is 5.32 Å². The number of halogens is 3. The number of hydrogen-bond acceptors (Lipinski definition) is 7. The van der Waals surface area contributed by atoms with Crippen LogP contribution in [-0.2, 0) is 23.8 Å². The van der Waals surface area contributed by atoms with Crippen LogP contribution in [0.4, 0.5) is 18.0 Å². The summed E-state index contributed by atoms with van der Waals surface area (Å²) >= 11 is 0. The van der Waals surface area contributed by atoms with Gasteiger partial charge in [0, 0.05) is 32.5 Å². The third kappa shape index (κ3) is 33.5. The largest absolute Gasteiger partial charge is 0.462 e. The number of nitrogens with one attached hydrogen (secondary N) is 1. The summed E-state index contributed by atoms with van der Waals surface area (Å²) in [6.07, 6.45) is 29.0. The second-order valence-electron chi connectivity index (χ2n) is 15.7. The molecule has 0 spiro atoms. The van der Waals surface area contributed by atoms with E-state index in [-0.39, 0.29) is 51.7 Å². The molecule has 0 saturated carbocycles. The van der Waals surface area contributed by atoms with Crippen LogP contribution in [0.15, 0.2) is 12.2 Å². The van der Waals surface area contributed by atoms with E-state index in [0.717, 1.165) is 51.4 Å². The van der Waals surface area contributed by atoms with Gasteiger partial charge in [-0.15, -0.1) is 0 Å². The average molecular weight is 789 g/mol. The molecule has 11 heteroatoms. The molecule has 0 aliphatic carbocycles. The molecule has 1 N–H and O–H groups in total. The molecule has 1 amide bonds. The van der Waals surface area contributed by atoms with Gasteiger partial charge in [-0.1, -0.05) is 154 Å². The second kappa shape index (κ2) is 34.9. The van der Waals surface area contributed by atoms with Gasteiger partial charge < -0.3 is 19.5 Å². The van der Waals surface area contributed by atoms with E-state index in [1.807, 2.05) is 0 Å². The Kier molecular flexibility index (Phi) is 32.2. The fourth-order valence-electron chi connectivity index (χ4n) is 6.74. The van der Waals surface area contributed by atoms with Gasteiger partial charge in [0.25, 0.3) is 0 Å². The van der Waals surface area contributed by atoms with Crippen molar-refractivity contribution in [1.82, 2.24) is 10.2 Å². The lowest BCUT2D eigenvalue weighted by molar-refractivity contribution is -0.152. The van der Waals surface area contributed by atoms with E-state index in [0.29, 0.717) is 6.42 Å². The van der Waals surface area contributed by atoms with Gasteiger partial charge in [0.2, 0.25) is 0 Å². The Morgan fingerprint density at radius 3 is 1.40 bits per heavy atom. The number of likely N-dealkylation sites (tertiary alicyclic amines) is 1. The van der Waals surface area contributed by atoms with Gasteiger partial charge in [-0.05, 0) is 38.5 Å². The maximum atomic E-state index is 12.6. The molecule has 1 rings (SSSR count). The number of unbranched alkanes of at least 4 members (excludes halogenated alkanes) is 23. The molecule has 1 aliphatic heterocycles. The quantitative estimate of drug-likeness (QED) is 0.0290. The first-order chi connectivity index (χ1) is 26.6. The summed E-state index contributed by atoms with van der Waals surface area (Å²) in [6, 6.07) is -0.344. The lowest BCUT2D eigenvalue weighted by atomic mass is 10.0. The van der Waals surface area contributed by atoms with Crippen molar-refractivity contribution >= 4 is 18.0 Å². The molecule has 1 saturated heterocycles. The van der Waals surface area contributed by atoms with Gasteiger partial charge >= 0.3 is 24.2 Å². The molecule has 1 atom stereocenters. The van der Waals surface area contributed by atoms with Crippen molar-refractivity contribution in [3.63, 3.8) is 0 Å². The first kappa shape index (κ1) is 50.7.